The second kappa shape index (κ2) is 6.62. The Morgan fingerprint density at radius 3 is 2.76 bits per heavy atom. The number of rotatable bonds is 2. The Labute approximate surface area is 120 Å². The lowest BCUT2D eigenvalue weighted by molar-refractivity contribution is -0.140. The summed E-state index contributed by atoms with van der Waals surface area (Å²) in [5.74, 6) is 4.76. The molecule has 0 unspecified atom stereocenters. The van der Waals surface area contributed by atoms with Crippen molar-refractivity contribution >= 4 is 28.5 Å². The summed E-state index contributed by atoms with van der Waals surface area (Å²) in [7, 11) is 0. The largest absolute Gasteiger partial charge is 0.480 e. The smallest absolute Gasteiger partial charge is 0.326 e. The van der Waals surface area contributed by atoms with Gasteiger partial charge in [-0.2, -0.15) is 5.10 Å². The number of amides is 1. The molecule has 2 aromatic rings. The van der Waals surface area contributed by atoms with Crippen LogP contribution in [-0.2, 0) is 9.59 Å². The molecular formula is C13H15N5O3. The van der Waals surface area contributed by atoms with Crippen LogP contribution in [0.2, 0.25) is 0 Å². The quantitative estimate of drug-likeness (QED) is 0.461. The maximum absolute atomic E-state index is 10.4. The number of carbonyl (C=O) groups excluding carboxylic acids is 1. The van der Waals surface area contributed by atoms with E-state index in [-0.39, 0.29) is 5.91 Å². The van der Waals surface area contributed by atoms with Crippen LogP contribution in [0.15, 0.2) is 30.5 Å². The first-order valence-corrected chi connectivity index (χ1v) is 6.31. The summed E-state index contributed by atoms with van der Waals surface area (Å²) in [6.07, 6.45) is 2.47. The highest BCUT2D eigenvalue weighted by molar-refractivity contribution is 5.90. The molecule has 0 saturated carbocycles. The molecule has 8 nitrogen and oxygen atoms in total. The molecule has 0 spiro atoms. The van der Waals surface area contributed by atoms with Crippen LogP contribution in [0, 0.1) is 0 Å². The van der Waals surface area contributed by atoms with Crippen LogP contribution in [0.1, 0.15) is 12.8 Å². The summed E-state index contributed by atoms with van der Waals surface area (Å²) in [5.41, 5.74) is 2.50. The maximum Gasteiger partial charge on any atom is 0.326 e. The van der Waals surface area contributed by atoms with E-state index in [2.05, 4.69) is 20.9 Å². The van der Waals surface area contributed by atoms with Gasteiger partial charge >= 0.3 is 5.97 Å². The average molecular weight is 289 g/mol. The molecule has 5 N–H and O–H groups in total. The van der Waals surface area contributed by atoms with Gasteiger partial charge in [-0.1, -0.05) is 24.3 Å². The highest BCUT2D eigenvalue weighted by atomic mass is 16.4. The van der Waals surface area contributed by atoms with Gasteiger partial charge in [-0.3, -0.25) is 4.79 Å². The van der Waals surface area contributed by atoms with Crippen molar-refractivity contribution in [3.63, 3.8) is 0 Å². The van der Waals surface area contributed by atoms with E-state index in [1.807, 2.05) is 24.3 Å². The van der Waals surface area contributed by atoms with Crippen molar-refractivity contribution in [1.82, 2.24) is 15.5 Å². The molecule has 3 rings (SSSR count). The Bertz CT molecular complexity index is 656. The number of carbonyl (C=O) groups is 2. The van der Waals surface area contributed by atoms with Crippen LogP contribution in [-0.4, -0.2) is 33.2 Å². The normalized spacial score (nSPS) is 16.8. The molecule has 1 amide bonds. The van der Waals surface area contributed by atoms with Crippen LogP contribution in [0.25, 0.3) is 10.8 Å². The Balaban J connectivity index is 0.000000161. The maximum atomic E-state index is 10.4. The van der Waals surface area contributed by atoms with E-state index in [9.17, 15) is 9.59 Å². The molecule has 1 aromatic carbocycles. The van der Waals surface area contributed by atoms with Gasteiger partial charge in [0.15, 0.2) is 5.82 Å². The van der Waals surface area contributed by atoms with E-state index in [4.69, 9.17) is 10.9 Å². The van der Waals surface area contributed by atoms with Crippen LogP contribution >= 0.6 is 0 Å². The van der Waals surface area contributed by atoms with Gasteiger partial charge < -0.3 is 15.8 Å². The summed E-state index contributed by atoms with van der Waals surface area (Å²) in [4.78, 5) is 20.5. The second-order valence-corrected chi connectivity index (χ2v) is 4.42. The van der Waals surface area contributed by atoms with Gasteiger partial charge in [0.25, 0.3) is 0 Å². The van der Waals surface area contributed by atoms with Crippen molar-refractivity contribution in [2.75, 3.05) is 5.43 Å². The number of hydrazine groups is 1. The molecule has 1 aliphatic rings. The van der Waals surface area contributed by atoms with Crippen LogP contribution in [0.4, 0.5) is 5.82 Å². The number of anilines is 1. The number of aromatic nitrogens is 2. The highest BCUT2D eigenvalue weighted by Crippen LogP contribution is 2.17. The number of carboxylic acids is 1. The molecule has 1 fully saturated rings. The van der Waals surface area contributed by atoms with Crippen LogP contribution < -0.4 is 16.6 Å². The second-order valence-electron chi connectivity index (χ2n) is 4.42. The van der Waals surface area contributed by atoms with Crippen molar-refractivity contribution < 1.29 is 14.7 Å². The summed E-state index contributed by atoms with van der Waals surface area (Å²) >= 11 is 0. The summed E-state index contributed by atoms with van der Waals surface area (Å²) in [5, 5.41) is 20.3. The number of hydrogen-bond acceptors (Lipinski definition) is 6. The lowest BCUT2D eigenvalue weighted by Crippen LogP contribution is -2.32. The van der Waals surface area contributed by atoms with Crippen molar-refractivity contribution in [3.8, 4) is 0 Å². The molecule has 0 aliphatic carbocycles. The average Bonchev–Trinajstić information content (AvgIpc) is 2.94. The molecule has 1 aliphatic heterocycles. The minimum atomic E-state index is -0.944. The molecule has 1 atom stereocenters. The number of aliphatic carboxylic acids is 1. The fraction of sp³-hybridized carbons (Fsp3) is 0.231. The summed E-state index contributed by atoms with van der Waals surface area (Å²) < 4.78 is 0. The lowest BCUT2D eigenvalue weighted by Gasteiger charge is -2.01. The fourth-order valence-electron chi connectivity index (χ4n) is 1.93. The Kier molecular flexibility index (Phi) is 4.62. The first-order valence-electron chi connectivity index (χ1n) is 6.31. The molecule has 8 heteroatoms. The number of nitrogens with two attached hydrogens (primary N) is 1. The number of nitrogens with zero attached hydrogens (tertiary/aromatic N) is 2. The summed E-state index contributed by atoms with van der Waals surface area (Å²) in [6.45, 7) is 0. The van der Waals surface area contributed by atoms with E-state index in [0.717, 1.165) is 10.8 Å². The first kappa shape index (κ1) is 14.7. The number of nitrogen functional groups attached to an aromatic ring is 1. The third-order valence-corrected chi connectivity index (χ3v) is 3.00. The zero-order valence-corrected chi connectivity index (χ0v) is 11.1. The third kappa shape index (κ3) is 3.63. The number of fused-ring (bicyclic) bond motifs is 1. The van der Waals surface area contributed by atoms with Gasteiger partial charge in [0.05, 0.1) is 6.20 Å². The van der Waals surface area contributed by atoms with E-state index in [0.29, 0.717) is 18.7 Å². The molecule has 0 bridgehead atoms. The van der Waals surface area contributed by atoms with Crippen molar-refractivity contribution in [1.29, 1.82) is 0 Å². The SMILES string of the molecule is NNc1nncc2ccccc12.O=C1CC[C@@H](C(=O)O)N1. The van der Waals surface area contributed by atoms with Gasteiger partial charge in [-0.05, 0) is 6.42 Å². The first-order chi connectivity index (χ1) is 10.1. The lowest BCUT2D eigenvalue weighted by atomic mass is 10.2. The Morgan fingerprint density at radius 2 is 2.19 bits per heavy atom. The Hall–Kier alpha value is -2.74. The minimum Gasteiger partial charge on any atom is -0.480 e. The zero-order valence-electron chi connectivity index (χ0n) is 11.1. The number of benzene rings is 1. The molecule has 2 heterocycles. The van der Waals surface area contributed by atoms with Crippen LogP contribution in [0.5, 0.6) is 0 Å². The topological polar surface area (TPSA) is 130 Å². The number of hydrogen-bond donors (Lipinski definition) is 4. The van der Waals surface area contributed by atoms with Gasteiger partial charge in [-0.25, -0.2) is 10.6 Å². The molecule has 0 radical (unpaired) electrons. The van der Waals surface area contributed by atoms with Gasteiger partial charge in [0.1, 0.15) is 6.04 Å². The predicted octanol–water partition coefficient (Wildman–Crippen LogP) is 0.265. The molecule has 1 saturated heterocycles. The van der Waals surface area contributed by atoms with E-state index < -0.39 is 12.0 Å². The molecule has 21 heavy (non-hydrogen) atoms. The monoisotopic (exact) mass is 289 g/mol. The Morgan fingerprint density at radius 1 is 1.43 bits per heavy atom. The van der Waals surface area contributed by atoms with Gasteiger partial charge in [0.2, 0.25) is 5.91 Å². The van der Waals surface area contributed by atoms with E-state index in [1.54, 1.807) is 6.20 Å². The van der Waals surface area contributed by atoms with Crippen LogP contribution in [0.3, 0.4) is 0 Å². The van der Waals surface area contributed by atoms with Crippen molar-refractivity contribution in [2.45, 2.75) is 18.9 Å². The zero-order chi connectivity index (χ0) is 15.2. The van der Waals surface area contributed by atoms with Crippen molar-refractivity contribution in [2.24, 2.45) is 5.84 Å². The van der Waals surface area contributed by atoms with E-state index >= 15 is 0 Å². The standard InChI is InChI=1S/C8H8N4.C5H7NO3/c9-11-8-7-4-2-1-3-6(7)5-10-12-8;7-4-2-1-3(6-4)5(8)9/h1-5H,9H2,(H,11,12);3H,1-2H2,(H,6,7)(H,8,9)/t;3-/m.0/s1. The fourth-order valence-corrected chi connectivity index (χ4v) is 1.93. The number of nitrogens with one attached hydrogen (secondary N) is 2. The molecule has 1 aromatic heterocycles. The van der Waals surface area contributed by atoms with Gasteiger partial charge in [0, 0.05) is 17.2 Å². The molecular weight excluding hydrogens is 274 g/mol. The van der Waals surface area contributed by atoms with Crippen molar-refractivity contribution in [3.05, 3.63) is 30.5 Å². The predicted molar refractivity (Wildman–Crippen MR) is 76.1 cm³/mol. The minimum absolute atomic E-state index is 0.164. The van der Waals surface area contributed by atoms with Gasteiger partial charge in [-0.15, -0.1) is 5.10 Å². The molecule has 110 valence electrons. The third-order valence-electron chi connectivity index (χ3n) is 3.00. The van der Waals surface area contributed by atoms with E-state index in [1.165, 1.54) is 0 Å². The highest BCUT2D eigenvalue weighted by Gasteiger charge is 2.26. The number of carboxylic acid groups (broad SMARTS) is 1. The summed E-state index contributed by atoms with van der Waals surface area (Å²) in [6, 6.07) is 7.15.